The molecule has 27 heavy (non-hydrogen) atoms. The van der Waals surface area contributed by atoms with E-state index >= 15 is 0 Å². The third-order valence-corrected chi connectivity index (χ3v) is 6.52. The van der Waals surface area contributed by atoms with Gasteiger partial charge in [0, 0.05) is 36.7 Å². The van der Waals surface area contributed by atoms with E-state index in [1.165, 1.54) is 13.3 Å². The van der Waals surface area contributed by atoms with Crippen molar-refractivity contribution in [1.29, 1.82) is 0 Å². The highest BCUT2D eigenvalue weighted by molar-refractivity contribution is 7.15. The van der Waals surface area contributed by atoms with Crippen molar-refractivity contribution < 1.29 is 23.8 Å². The monoisotopic (exact) mass is 390 g/mol. The zero-order valence-electron chi connectivity index (χ0n) is 14.7. The van der Waals surface area contributed by atoms with E-state index in [4.69, 9.17) is 0 Å². The minimum absolute atomic E-state index is 0.156. The van der Waals surface area contributed by atoms with E-state index in [-0.39, 0.29) is 36.4 Å². The van der Waals surface area contributed by atoms with Crippen LogP contribution in [0.15, 0.2) is 30.5 Å². The van der Waals surface area contributed by atoms with Gasteiger partial charge < -0.3 is 14.7 Å². The van der Waals surface area contributed by atoms with Crippen LogP contribution in [-0.4, -0.2) is 46.1 Å². The Labute approximate surface area is 159 Å². The number of ether oxygens (including phenoxy) is 1. The summed E-state index contributed by atoms with van der Waals surface area (Å²) in [5.74, 6) is -1.29. The number of aliphatic hydroxyl groups is 1. The Hall–Kier alpha value is -2.32. The van der Waals surface area contributed by atoms with Crippen molar-refractivity contribution >= 4 is 23.2 Å². The van der Waals surface area contributed by atoms with E-state index in [9.17, 15) is 19.1 Å². The number of amides is 1. The van der Waals surface area contributed by atoms with Crippen molar-refractivity contribution in [2.75, 3.05) is 7.11 Å². The molecule has 2 atom stereocenters. The Morgan fingerprint density at radius 3 is 2.56 bits per heavy atom. The Balaban J connectivity index is 1.58. The number of fused-ring (bicyclic) bond motifs is 2. The average Bonchev–Trinajstić information content (AvgIpc) is 3.25. The minimum Gasteiger partial charge on any atom is -0.465 e. The molecule has 2 saturated heterocycles. The van der Waals surface area contributed by atoms with Crippen molar-refractivity contribution in [1.82, 2.24) is 9.88 Å². The highest BCUT2D eigenvalue weighted by Crippen LogP contribution is 2.46. The number of hydrogen-bond donors (Lipinski definition) is 1. The zero-order chi connectivity index (χ0) is 19.2. The molecule has 0 radical (unpaired) electrons. The van der Waals surface area contributed by atoms with Crippen molar-refractivity contribution in [2.24, 2.45) is 0 Å². The quantitative estimate of drug-likeness (QED) is 0.644. The third kappa shape index (κ3) is 3.02. The van der Waals surface area contributed by atoms with Crippen LogP contribution in [0.1, 0.15) is 50.6 Å². The Kier molecular flexibility index (Phi) is 4.47. The fourth-order valence-electron chi connectivity index (χ4n) is 4.30. The molecule has 0 aliphatic carbocycles. The van der Waals surface area contributed by atoms with Crippen molar-refractivity contribution in [2.45, 2.75) is 43.4 Å². The maximum Gasteiger partial charge on any atom is 0.348 e. The maximum absolute atomic E-state index is 14.1. The molecule has 2 fully saturated rings. The molecule has 1 amide bonds. The summed E-state index contributed by atoms with van der Waals surface area (Å²) in [6.45, 7) is 0. The van der Waals surface area contributed by atoms with E-state index < -0.39 is 17.5 Å². The van der Waals surface area contributed by atoms with Gasteiger partial charge in [-0.2, -0.15) is 4.39 Å². The molecule has 4 heterocycles. The number of nitrogens with zero attached hydrogens (tertiary/aromatic N) is 2. The van der Waals surface area contributed by atoms with Crippen LogP contribution in [0.3, 0.4) is 0 Å². The molecule has 8 heteroatoms. The van der Waals surface area contributed by atoms with E-state index in [1.807, 2.05) is 0 Å². The van der Waals surface area contributed by atoms with Crippen LogP contribution >= 0.6 is 11.3 Å². The van der Waals surface area contributed by atoms with Gasteiger partial charge in [-0.15, -0.1) is 11.3 Å². The van der Waals surface area contributed by atoms with Crippen LogP contribution in [0, 0.1) is 5.95 Å². The number of aromatic nitrogens is 1. The largest absolute Gasteiger partial charge is 0.465 e. The van der Waals surface area contributed by atoms with Crippen molar-refractivity contribution in [3.8, 4) is 0 Å². The fourth-order valence-corrected chi connectivity index (χ4v) is 5.17. The minimum atomic E-state index is -1.33. The molecule has 2 bridgehead atoms. The van der Waals surface area contributed by atoms with Gasteiger partial charge >= 0.3 is 5.97 Å². The maximum atomic E-state index is 14.1. The Morgan fingerprint density at radius 1 is 1.26 bits per heavy atom. The molecule has 0 saturated carbocycles. The Morgan fingerprint density at radius 2 is 1.93 bits per heavy atom. The van der Waals surface area contributed by atoms with Crippen molar-refractivity contribution in [3.63, 3.8) is 0 Å². The van der Waals surface area contributed by atoms with Gasteiger partial charge in [0.1, 0.15) is 4.88 Å². The summed E-state index contributed by atoms with van der Waals surface area (Å²) >= 11 is 1.10. The second-order valence-electron chi connectivity index (χ2n) is 7.03. The number of carbonyl (C=O) groups is 2. The summed E-state index contributed by atoms with van der Waals surface area (Å²) in [6.07, 6.45) is 3.41. The van der Waals surface area contributed by atoms with E-state index in [0.29, 0.717) is 9.75 Å². The van der Waals surface area contributed by atoms with Gasteiger partial charge in [0.05, 0.1) is 17.6 Å². The average molecular weight is 390 g/mol. The summed E-state index contributed by atoms with van der Waals surface area (Å²) in [7, 11) is 1.30. The topological polar surface area (TPSA) is 79.7 Å². The first-order chi connectivity index (χ1) is 12.9. The highest BCUT2D eigenvalue weighted by atomic mass is 32.1. The summed E-state index contributed by atoms with van der Waals surface area (Å²) in [6, 6.07) is 6.02. The molecule has 2 aromatic rings. The molecule has 2 aromatic heterocycles. The van der Waals surface area contributed by atoms with E-state index in [2.05, 4.69) is 9.72 Å². The highest BCUT2D eigenvalue weighted by Gasteiger charge is 2.51. The molecular weight excluding hydrogens is 371 g/mol. The molecule has 4 rings (SSSR count). The number of hydrogen-bond acceptors (Lipinski definition) is 6. The van der Waals surface area contributed by atoms with Gasteiger partial charge in [-0.1, -0.05) is 6.07 Å². The molecule has 1 N–H and O–H groups in total. The predicted molar refractivity (Wildman–Crippen MR) is 96.0 cm³/mol. The lowest BCUT2D eigenvalue weighted by Gasteiger charge is -2.43. The molecule has 2 aliphatic rings. The predicted octanol–water partition coefficient (Wildman–Crippen LogP) is 2.72. The lowest BCUT2D eigenvalue weighted by molar-refractivity contribution is -0.0503. The second-order valence-corrected chi connectivity index (χ2v) is 8.12. The number of esters is 1. The number of carbonyl (C=O) groups excluding carboxylic acids is 2. The van der Waals surface area contributed by atoms with Crippen LogP contribution in [0.25, 0.3) is 0 Å². The van der Waals surface area contributed by atoms with Gasteiger partial charge in [0.25, 0.3) is 5.91 Å². The molecule has 0 spiro atoms. The van der Waals surface area contributed by atoms with Crippen molar-refractivity contribution in [3.05, 3.63) is 51.7 Å². The smallest absolute Gasteiger partial charge is 0.348 e. The van der Waals surface area contributed by atoms with Gasteiger partial charge in [-0.25, -0.2) is 9.78 Å². The van der Waals surface area contributed by atoms with Crippen LogP contribution in [0.4, 0.5) is 4.39 Å². The summed E-state index contributed by atoms with van der Waals surface area (Å²) in [5.41, 5.74) is -1.13. The molecule has 2 aliphatic heterocycles. The van der Waals surface area contributed by atoms with Crippen LogP contribution < -0.4 is 0 Å². The van der Waals surface area contributed by atoms with E-state index in [0.717, 1.165) is 24.2 Å². The lowest BCUT2D eigenvalue weighted by atomic mass is 9.81. The Bertz CT molecular complexity index is 885. The van der Waals surface area contributed by atoms with Gasteiger partial charge in [-0.3, -0.25) is 4.79 Å². The third-order valence-electron chi connectivity index (χ3n) is 5.46. The van der Waals surface area contributed by atoms with E-state index in [1.54, 1.807) is 29.2 Å². The molecule has 0 aromatic carbocycles. The first-order valence-electron chi connectivity index (χ1n) is 8.77. The van der Waals surface area contributed by atoms with Gasteiger partial charge in [0.15, 0.2) is 0 Å². The summed E-state index contributed by atoms with van der Waals surface area (Å²) in [5, 5.41) is 11.1. The van der Waals surface area contributed by atoms with Gasteiger partial charge in [0.2, 0.25) is 5.95 Å². The number of methoxy groups -OCH3 is 1. The number of halogens is 1. The SMILES string of the molecule is COC(=O)c1ccc(C(=O)N2C3CCC2CC(O)(c2cccnc2F)C3)s1. The van der Waals surface area contributed by atoms with Gasteiger partial charge in [-0.05, 0) is 31.0 Å². The first kappa shape index (κ1) is 18.1. The molecular formula is C19H19FN2O4S. The van der Waals surface area contributed by atoms with Crippen LogP contribution in [0.2, 0.25) is 0 Å². The lowest BCUT2D eigenvalue weighted by Crippen LogP contribution is -2.52. The van der Waals surface area contributed by atoms with Crippen LogP contribution in [-0.2, 0) is 10.3 Å². The first-order valence-corrected chi connectivity index (χ1v) is 9.59. The number of pyridine rings is 1. The normalized spacial score (nSPS) is 26.9. The molecule has 142 valence electrons. The number of rotatable bonds is 3. The standard InChI is InChI=1S/C19H19FN2O4S/c1-26-18(24)15-7-6-14(27-15)17(23)22-11-4-5-12(22)10-19(25,9-11)13-3-2-8-21-16(13)20/h2-3,6-8,11-12,25H,4-5,9-10H2,1H3. The fraction of sp³-hybridized carbons (Fsp3) is 0.421. The molecule has 6 nitrogen and oxygen atoms in total. The number of piperidine rings is 1. The second kappa shape index (κ2) is 6.69. The zero-order valence-corrected chi connectivity index (χ0v) is 15.5. The summed E-state index contributed by atoms with van der Waals surface area (Å²) in [4.78, 5) is 30.9. The number of thiophene rings is 1. The summed E-state index contributed by atoms with van der Waals surface area (Å²) < 4.78 is 18.8. The molecule has 2 unspecified atom stereocenters. The van der Waals surface area contributed by atoms with Crippen LogP contribution in [0.5, 0.6) is 0 Å².